The maximum atomic E-state index is 12.8. The number of carbonyl (C=O) groups excluding carboxylic acids is 1. The number of hydrogen-bond acceptors (Lipinski definition) is 4. The predicted octanol–water partition coefficient (Wildman–Crippen LogP) is 1.57. The van der Waals surface area contributed by atoms with Crippen molar-refractivity contribution >= 4 is 5.97 Å². The lowest BCUT2D eigenvalue weighted by molar-refractivity contribution is 0.0592. The number of carbonyl (C=O) groups is 1. The Kier molecular flexibility index (Phi) is 3.89. The monoisotopic (exact) mass is 230 g/mol. The van der Waals surface area contributed by atoms with Crippen LogP contribution in [0.3, 0.4) is 0 Å². The third kappa shape index (κ3) is 2.16. The van der Waals surface area contributed by atoms with Crippen LogP contribution >= 0.6 is 0 Å². The van der Waals surface area contributed by atoms with Crippen LogP contribution in [0.25, 0.3) is 0 Å². The summed E-state index contributed by atoms with van der Waals surface area (Å²) in [4.78, 5) is 15.0. The lowest BCUT2D eigenvalue weighted by atomic mass is 10.0. The summed E-state index contributed by atoms with van der Waals surface area (Å²) in [5, 5.41) is 0. The number of aromatic nitrogens is 1. The fourth-order valence-electron chi connectivity index (χ4n) is 1.45. The van der Waals surface area contributed by atoms with E-state index in [0.717, 1.165) is 0 Å². The van der Waals surface area contributed by atoms with Gasteiger partial charge in [0.2, 0.25) is 0 Å². The van der Waals surface area contributed by atoms with Gasteiger partial charge in [0, 0.05) is 18.3 Å². The number of ether oxygens (including phenoxy) is 1. The van der Waals surface area contributed by atoms with Crippen LogP contribution < -0.4 is 5.73 Å². The van der Waals surface area contributed by atoms with Crippen LogP contribution in [0.2, 0.25) is 0 Å². The Morgan fingerprint density at radius 1 is 1.62 bits per heavy atom. The van der Waals surface area contributed by atoms with E-state index < -0.39 is 12.4 Å². The van der Waals surface area contributed by atoms with Crippen LogP contribution in [-0.4, -0.2) is 18.1 Å². The molecule has 0 aliphatic carbocycles. The number of hydrogen-bond donors (Lipinski definition) is 1. The minimum absolute atomic E-state index is 0.0467. The quantitative estimate of drug-likeness (QED) is 0.800. The van der Waals surface area contributed by atoms with Gasteiger partial charge in [-0.2, -0.15) is 0 Å². The first kappa shape index (κ1) is 12.5. The molecule has 0 amide bonds. The van der Waals surface area contributed by atoms with Crippen molar-refractivity contribution in [2.45, 2.75) is 19.9 Å². The molecule has 0 saturated heterocycles. The zero-order chi connectivity index (χ0) is 12.3. The summed E-state index contributed by atoms with van der Waals surface area (Å²) >= 11 is 0. The number of nitrogens with zero attached hydrogens (tertiary/aromatic N) is 1. The first-order chi connectivity index (χ1) is 7.52. The van der Waals surface area contributed by atoms with Gasteiger partial charge in [0.25, 0.3) is 6.43 Å². The second kappa shape index (κ2) is 4.98. The van der Waals surface area contributed by atoms with E-state index in [9.17, 15) is 13.6 Å². The first-order valence-corrected chi connectivity index (χ1v) is 4.57. The van der Waals surface area contributed by atoms with Crippen LogP contribution in [0.15, 0.2) is 6.20 Å². The minimum atomic E-state index is -2.69. The third-order valence-electron chi connectivity index (χ3n) is 2.27. The Hall–Kier alpha value is -1.56. The standard InChI is InChI=1S/C10H12F2N2O2/c1-5-7(9(11)12)6(3-13)4-14-8(5)10(15)16-2/h4,9H,3,13H2,1-2H3. The van der Waals surface area contributed by atoms with Crippen LogP contribution in [0, 0.1) is 6.92 Å². The topological polar surface area (TPSA) is 65.2 Å². The van der Waals surface area contributed by atoms with Gasteiger partial charge in [0.1, 0.15) is 0 Å². The Balaban J connectivity index is 3.37. The molecule has 0 saturated carbocycles. The van der Waals surface area contributed by atoms with Crippen LogP contribution in [0.4, 0.5) is 8.78 Å². The largest absolute Gasteiger partial charge is 0.464 e. The highest BCUT2D eigenvalue weighted by atomic mass is 19.3. The molecule has 0 aliphatic heterocycles. The minimum Gasteiger partial charge on any atom is -0.464 e. The molecule has 0 bridgehead atoms. The van der Waals surface area contributed by atoms with Crippen LogP contribution in [0.1, 0.15) is 33.6 Å². The molecular formula is C10H12F2N2O2. The van der Waals surface area contributed by atoms with Gasteiger partial charge in [0.15, 0.2) is 5.69 Å². The smallest absolute Gasteiger partial charge is 0.356 e. The SMILES string of the molecule is COC(=O)c1ncc(CN)c(C(F)F)c1C. The van der Waals surface area contributed by atoms with Crippen LogP contribution in [0.5, 0.6) is 0 Å². The highest BCUT2D eigenvalue weighted by Crippen LogP contribution is 2.27. The Morgan fingerprint density at radius 3 is 2.69 bits per heavy atom. The van der Waals surface area contributed by atoms with Crippen molar-refractivity contribution in [3.05, 3.63) is 28.6 Å². The van der Waals surface area contributed by atoms with Gasteiger partial charge in [-0.15, -0.1) is 0 Å². The summed E-state index contributed by atoms with van der Waals surface area (Å²) in [6.45, 7) is 1.36. The summed E-state index contributed by atoms with van der Waals surface area (Å²) in [6, 6.07) is 0. The predicted molar refractivity (Wildman–Crippen MR) is 53.2 cm³/mol. The molecule has 0 aromatic carbocycles. The summed E-state index contributed by atoms with van der Waals surface area (Å²) < 4.78 is 30.0. The fourth-order valence-corrected chi connectivity index (χ4v) is 1.45. The molecule has 0 aliphatic rings. The van der Waals surface area contributed by atoms with Crippen molar-refractivity contribution in [1.29, 1.82) is 0 Å². The van der Waals surface area contributed by atoms with Gasteiger partial charge in [-0.25, -0.2) is 18.6 Å². The first-order valence-electron chi connectivity index (χ1n) is 4.57. The third-order valence-corrected chi connectivity index (χ3v) is 2.27. The van der Waals surface area contributed by atoms with Gasteiger partial charge in [0.05, 0.1) is 7.11 Å². The highest BCUT2D eigenvalue weighted by molar-refractivity contribution is 5.89. The molecule has 1 aromatic heterocycles. The van der Waals surface area contributed by atoms with E-state index in [0.29, 0.717) is 0 Å². The molecule has 2 N–H and O–H groups in total. The van der Waals surface area contributed by atoms with E-state index in [4.69, 9.17) is 5.73 Å². The molecule has 88 valence electrons. The molecule has 0 unspecified atom stereocenters. The normalized spacial score (nSPS) is 10.6. The Bertz CT molecular complexity index is 408. The number of esters is 1. The number of rotatable bonds is 3. The maximum absolute atomic E-state index is 12.8. The number of methoxy groups -OCH3 is 1. The molecule has 6 heteroatoms. The number of alkyl halides is 2. The molecule has 1 aromatic rings. The Morgan fingerprint density at radius 2 is 2.25 bits per heavy atom. The van der Waals surface area contributed by atoms with E-state index in [1.807, 2.05) is 0 Å². The van der Waals surface area contributed by atoms with E-state index in [1.165, 1.54) is 20.2 Å². The van der Waals surface area contributed by atoms with Crippen molar-refractivity contribution in [3.8, 4) is 0 Å². The van der Waals surface area contributed by atoms with Crippen molar-refractivity contribution in [2.75, 3.05) is 7.11 Å². The fraction of sp³-hybridized carbons (Fsp3) is 0.400. The van der Waals surface area contributed by atoms with Crippen molar-refractivity contribution in [1.82, 2.24) is 4.98 Å². The van der Waals surface area contributed by atoms with Crippen molar-refractivity contribution in [2.24, 2.45) is 5.73 Å². The van der Waals surface area contributed by atoms with Gasteiger partial charge >= 0.3 is 5.97 Å². The van der Waals surface area contributed by atoms with Gasteiger partial charge in [-0.05, 0) is 18.1 Å². The van der Waals surface area contributed by atoms with E-state index in [2.05, 4.69) is 9.72 Å². The Labute approximate surface area is 91.4 Å². The molecule has 1 rings (SSSR count). The molecular weight excluding hydrogens is 218 g/mol. The molecule has 4 nitrogen and oxygen atoms in total. The summed E-state index contributed by atoms with van der Waals surface area (Å²) in [5.41, 5.74) is 5.34. The van der Waals surface area contributed by atoms with Crippen LogP contribution in [-0.2, 0) is 11.3 Å². The second-order valence-electron chi connectivity index (χ2n) is 3.17. The van der Waals surface area contributed by atoms with Gasteiger partial charge < -0.3 is 10.5 Å². The molecule has 0 fully saturated rings. The van der Waals surface area contributed by atoms with E-state index in [1.54, 1.807) is 0 Å². The van der Waals surface area contributed by atoms with Crippen molar-refractivity contribution in [3.63, 3.8) is 0 Å². The average Bonchev–Trinajstić information content (AvgIpc) is 2.26. The molecule has 0 atom stereocenters. The number of pyridine rings is 1. The van der Waals surface area contributed by atoms with E-state index in [-0.39, 0.29) is 28.9 Å². The van der Waals surface area contributed by atoms with Crippen molar-refractivity contribution < 1.29 is 18.3 Å². The average molecular weight is 230 g/mol. The number of nitrogens with two attached hydrogens (primary N) is 1. The van der Waals surface area contributed by atoms with E-state index >= 15 is 0 Å². The molecule has 16 heavy (non-hydrogen) atoms. The zero-order valence-corrected chi connectivity index (χ0v) is 8.96. The summed E-state index contributed by atoms with van der Waals surface area (Å²) in [7, 11) is 1.17. The zero-order valence-electron chi connectivity index (χ0n) is 8.96. The second-order valence-corrected chi connectivity index (χ2v) is 3.17. The highest BCUT2D eigenvalue weighted by Gasteiger charge is 2.22. The van der Waals surface area contributed by atoms with Gasteiger partial charge in [-0.3, -0.25) is 0 Å². The summed E-state index contributed by atoms with van der Waals surface area (Å²) in [5.74, 6) is -0.733. The van der Waals surface area contributed by atoms with Gasteiger partial charge in [-0.1, -0.05) is 0 Å². The summed E-state index contributed by atoms with van der Waals surface area (Å²) in [6.07, 6.45) is -1.51. The lowest BCUT2D eigenvalue weighted by Crippen LogP contribution is -2.13. The number of halogens is 2. The maximum Gasteiger partial charge on any atom is 0.356 e. The molecule has 0 radical (unpaired) electrons. The molecule has 1 heterocycles. The molecule has 0 spiro atoms. The lowest BCUT2D eigenvalue weighted by Gasteiger charge is -2.12.